The highest BCUT2D eigenvalue weighted by Crippen LogP contribution is 2.37. The van der Waals surface area contributed by atoms with Crippen LogP contribution in [0.1, 0.15) is 18.1 Å². The minimum Gasteiger partial charge on any atom is -0.493 e. The van der Waals surface area contributed by atoms with Crippen molar-refractivity contribution in [2.24, 2.45) is 0 Å². The van der Waals surface area contributed by atoms with E-state index in [2.05, 4.69) is 5.32 Å². The Morgan fingerprint density at radius 3 is 2.64 bits per heavy atom. The summed E-state index contributed by atoms with van der Waals surface area (Å²) >= 11 is 8.83. The zero-order chi connectivity index (χ0) is 26.4. The highest BCUT2D eigenvalue weighted by atomic mass is 127. The number of aryl methyl sites for hydroxylation is 1. The lowest BCUT2D eigenvalue weighted by molar-refractivity contribution is -0.145. The molecular formula is C24H22ClIN2O7S. The summed E-state index contributed by atoms with van der Waals surface area (Å²) in [5.41, 5.74) is 1.89. The van der Waals surface area contributed by atoms with Crippen LogP contribution in [0.5, 0.6) is 11.5 Å². The van der Waals surface area contributed by atoms with Gasteiger partial charge in [-0.3, -0.25) is 19.3 Å². The third-order valence-electron chi connectivity index (χ3n) is 4.82. The molecule has 1 N–H and O–H groups in total. The van der Waals surface area contributed by atoms with E-state index in [1.165, 1.54) is 13.2 Å². The number of hydrogen-bond acceptors (Lipinski definition) is 8. The van der Waals surface area contributed by atoms with Crippen molar-refractivity contribution in [2.45, 2.75) is 13.8 Å². The zero-order valence-corrected chi connectivity index (χ0v) is 23.3. The molecule has 0 radical (unpaired) electrons. The Labute approximate surface area is 230 Å². The molecule has 0 spiro atoms. The Hall–Kier alpha value is -2.77. The minimum absolute atomic E-state index is 0.157. The van der Waals surface area contributed by atoms with Crippen LogP contribution >= 0.6 is 46.0 Å². The number of thioether (sulfide) groups is 1. The molecule has 1 aliphatic rings. The summed E-state index contributed by atoms with van der Waals surface area (Å²) in [4.78, 5) is 50.4. The van der Waals surface area contributed by atoms with E-state index in [1.807, 2.05) is 29.5 Å². The molecule has 0 unspecified atom stereocenters. The quantitative estimate of drug-likeness (QED) is 0.234. The molecule has 1 heterocycles. The van der Waals surface area contributed by atoms with Gasteiger partial charge < -0.3 is 19.5 Å². The van der Waals surface area contributed by atoms with Gasteiger partial charge in [-0.2, -0.15) is 0 Å². The number of benzene rings is 2. The van der Waals surface area contributed by atoms with Crippen molar-refractivity contribution in [1.82, 2.24) is 4.90 Å². The Morgan fingerprint density at radius 1 is 1.22 bits per heavy atom. The standard InChI is InChI=1S/C24H22ClIN2O7S/c1-4-34-21(30)12-35-22-17(26)7-14(8-18(22)33-3)9-19-23(31)28(24(32)36-19)11-20(29)27-15-6-5-13(2)16(25)10-15/h5-10H,4,11-12H2,1-3H3,(H,27,29)/b19-9+. The fourth-order valence-electron chi connectivity index (χ4n) is 3.10. The summed E-state index contributed by atoms with van der Waals surface area (Å²) < 4.78 is 16.4. The molecule has 0 atom stereocenters. The maximum atomic E-state index is 12.9. The fourth-order valence-corrected chi connectivity index (χ4v) is 4.90. The molecule has 1 fully saturated rings. The van der Waals surface area contributed by atoms with Crippen molar-refractivity contribution in [3.63, 3.8) is 0 Å². The molecule has 12 heteroatoms. The lowest BCUT2D eigenvalue weighted by Crippen LogP contribution is -2.36. The van der Waals surface area contributed by atoms with E-state index < -0.39 is 29.6 Å². The van der Waals surface area contributed by atoms with Crippen molar-refractivity contribution >= 4 is 80.7 Å². The Bertz CT molecular complexity index is 1250. The number of halogens is 2. The number of ether oxygens (including phenoxy) is 3. The smallest absolute Gasteiger partial charge is 0.344 e. The molecule has 0 aromatic heterocycles. The highest BCUT2D eigenvalue weighted by molar-refractivity contribution is 14.1. The number of amides is 3. The Kier molecular flexibility index (Phi) is 9.63. The van der Waals surface area contributed by atoms with Crippen LogP contribution < -0.4 is 14.8 Å². The van der Waals surface area contributed by atoms with Gasteiger partial charge in [-0.1, -0.05) is 17.7 Å². The number of hydrogen-bond donors (Lipinski definition) is 1. The van der Waals surface area contributed by atoms with Gasteiger partial charge in [0.15, 0.2) is 18.1 Å². The molecule has 1 saturated heterocycles. The van der Waals surface area contributed by atoms with Crippen LogP contribution in [-0.2, 0) is 19.1 Å². The number of carbonyl (C=O) groups is 4. The normalized spacial score (nSPS) is 14.2. The number of esters is 1. The first-order valence-electron chi connectivity index (χ1n) is 10.6. The zero-order valence-electron chi connectivity index (χ0n) is 19.6. The van der Waals surface area contributed by atoms with Gasteiger partial charge >= 0.3 is 5.97 Å². The van der Waals surface area contributed by atoms with E-state index in [1.54, 1.807) is 37.3 Å². The third-order valence-corrected chi connectivity index (χ3v) is 6.94. The maximum absolute atomic E-state index is 12.9. The van der Waals surface area contributed by atoms with Crippen LogP contribution in [0.4, 0.5) is 10.5 Å². The summed E-state index contributed by atoms with van der Waals surface area (Å²) in [6.45, 7) is 3.06. The van der Waals surface area contributed by atoms with Gasteiger partial charge in [0.2, 0.25) is 5.91 Å². The molecule has 9 nitrogen and oxygen atoms in total. The SMILES string of the molecule is CCOC(=O)COc1c(I)cc(/C=C2/SC(=O)N(CC(=O)Nc3ccc(C)c(Cl)c3)C2=O)cc1OC. The van der Waals surface area contributed by atoms with E-state index in [-0.39, 0.29) is 18.1 Å². The van der Waals surface area contributed by atoms with Crippen LogP contribution in [0.25, 0.3) is 6.08 Å². The predicted molar refractivity (Wildman–Crippen MR) is 145 cm³/mol. The molecule has 0 aliphatic carbocycles. The number of methoxy groups -OCH3 is 1. The van der Waals surface area contributed by atoms with Gasteiger partial charge in [-0.25, -0.2) is 4.79 Å². The number of anilines is 1. The summed E-state index contributed by atoms with van der Waals surface area (Å²) in [5.74, 6) is -0.934. The van der Waals surface area contributed by atoms with Crippen molar-refractivity contribution < 1.29 is 33.4 Å². The Morgan fingerprint density at radius 2 is 1.97 bits per heavy atom. The first-order chi connectivity index (χ1) is 17.1. The number of rotatable bonds is 9. The van der Waals surface area contributed by atoms with Gasteiger partial charge in [0.1, 0.15) is 6.54 Å². The second-order valence-corrected chi connectivity index (χ2v) is 9.97. The molecule has 2 aromatic rings. The molecule has 1 aliphatic heterocycles. The van der Waals surface area contributed by atoms with Crippen molar-refractivity contribution in [1.29, 1.82) is 0 Å². The molecule has 36 heavy (non-hydrogen) atoms. The number of imide groups is 1. The molecule has 3 amide bonds. The average Bonchev–Trinajstić information content (AvgIpc) is 3.07. The first kappa shape index (κ1) is 27.8. The highest BCUT2D eigenvalue weighted by Gasteiger charge is 2.36. The van der Waals surface area contributed by atoms with Crippen molar-refractivity contribution in [2.75, 3.05) is 32.2 Å². The van der Waals surface area contributed by atoms with Crippen molar-refractivity contribution in [3.05, 3.63) is 55.0 Å². The number of nitrogens with one attached hydrogen (secondary N) is 1. The summed E-state index contributed by atoms with van der Waals surface area (Å²) in [6, 6.07) is 8.36. The molecule has 2 aromatic carbocycles. The van der Waals surface area contributed by atoms with Crippen molar-refractivity contribution in [3.8, 4) is 11.5 Å². The summed E-state index contributed by atoms with van der Waals surface area (Å²) in [7, 11) is 1.44. The molecule has 0 saturated carbocycles. The largest absolute Gasteiger partial charge is 0.493 e. The van der Waals surface area contributed by atoms with Crippen LogP contribution in [0.15, 0.2) is 35.2 Å². The molecular weight excluding hydrogens is 623 g/mol. The van der Waals surface area contributed by atoms with Gasteiger partial charge in [-0.15, -0.1) is 0 Å². The Balaban J connectivity index is 1.72. The lowest BCUT2D eigenvalue weighted by Gasteiger charge is -2.13. The third kappa shape index (κ3) is 6.92. The van der Waals surface area contributed by atoms with E-state index >= 15 is 0 Å². The van der Waals surface area contributed by atoms with E-state index in [9.17, 15) is 19.2 Å². The molecule has 0 bridgehead atoms. The monoisotopic (exact) mass is 644 g/mol. The minimum atomic E-state index is -0.585. The topological polar surface area (TPSA) is 111 Å². The van der Waals surface area contributed by atoms with Gasteiger partial charge in [0, 0.05) is 10.7 Å². The molecule has 190 valence electrons. The lowest BCUT2D eigenvalue weighted by atomic mass is 10.2. The van der Waals surface area contributed by atoms with Gasteiger partial charge in [0.25, 0.3) is 11.1 Å². The molecule has 3 rings (SSSR count). The van der Waals surface area contributed by atoms with Gasteiger partial charge in [-0.05, 0) is 89.7 Å². The van der Waals surface area contributed by atoms with Crippen LogP contribution in [-0.4, -0.2) is 54.8 Å². The summed E-state index contributed by atoms with van der Waals surface area (Å²) in [5, 5.41) is 2.57. The van der Waals surface area contributed by atoms with E-state index in [0.29, 0.717) is 31.3 Å². The first-order valence-corrected chi connectivity index (χ1v) is 12.9. The average molecular weight is 645 g/mol. The number of nitrogens with zero attached hydrogens (tertiary/aromatic N) is 1. The van der Waals surface area contributed by atoms with Crippen LogP contribution in [0, 0.1) is 10.5 Å². The second kappa shape index (κ2) is 12.5. The van der Waals surface area contributed by atoms with Gasteiger partial charge in [0.05, 0.1) is 22.2 Å². The van der Waals surface area contributed by atoms with Crippen LogP contribution in [0.3, 0.4) is 0 Å². The fraction of sp³-hybridized carbons (Fsp3) is 0.250. The number of carbonyl (C=O) groups excluding carboxylic acids is 4. The second-order valence-electron chi connectivity index (χ2n) is 7.41. The van der Waals surface area contributed by atoms with E-state index in [4.69, 9.17) is 25.8 Å². The summed E-state index contributed by atoms with van der Waals surface area (Å²) in [6.07, 6.45) is 1.53. The van der Waals surface area contributed by atoms with Crippen LogP contribution in [0.2, 0.25) is 5.02 Å². The maximum Gasteiger partial charge on any atom is 0.344 e. The predicted octanol–water partition coefficient (Wildman–Crippen LogP) is 4.88. The van der Waals surface area contributed by atoms with E-state index in [0.717, 1.165) is 22.2 Å².